The molecular formula is C11H11ClFN5O. The maximum Gasteiger partial charge on any atom is 0.269 e. The van der Waals surface area contributed by atoms with E-state index in [9.17, 15) is 9.18 Å². The summed E-state index contributed by atoms with van der Waals surface area (Å²) in [6.07, 6.45) is 0. The number of carbonyl (C=O) groups is 1. The average molecular weight is 284 g/mol. The van der Waals surface area contributed by atoms with Gasteiger partial charge >= 0.3 is 0 Å². The van der Waals surface area contributed by atoms with E-state index in [1.165, 1.54) is 12.1 Å². The summed E-state index contributed by atoms with van der Waals surface area (Å²) in [5.41, 5.74) is -0.934. The Morgan fingerprint density at radius 2 is 2.21 bits per heavy atom. The molecule has 1 aromatic carbocycles. The largest absolute Gasteiger partial charge is 0.291 e. The van der Waals surface area contributed by atoms with Gasteiger partial charge in [-0.3, -0.25) is 10.1 Å². The number of halogens is 2. The number of rotatable bonds is 3. The first kappa shape index (κ1) is 13.4. The van der Waals surface area contributed by atoms with Crippen molar-refractivity contribution in [2.75, 3.05) is 5.32 Å². The molecule has 19 heavy (non-hydrogen) atoms. The van der Waals surface area contributed by atoms with Crippen molar-refractivity contribution < 1.29 is 9.18 Å². The van der Waals surface area contributed by atoms with Crippen LogP contribution in [0.4, 0.5) is 10.3 Å². The number of hydrogen-bond acceptors (Lipinski definition) is 4. The molecular weight excluding hydrogens is 273 g/mol. The van der Waals surface area contributed by atoms with Crippen LogP contribution in [-0.4, -0.2) is 26.5 Å². The standard InChI is InChI=1S/C11H11ClFN5O/c1-11(2,6-4-3-5-7(12)8(6)13)9(19)14-10-15-17-18-16-10/h3-5H,1-2H3,(H2,14,15,16,17,18,19). The molecule has 0 fully saturated rings. The van der Waals surface area contributed by atoms with Crippen molar-refractivity contribution >= 4 is 23.5 Å². The molecule has 0 bridgehead atoms. The van der Waals surface area contributed by atoms with Crippen LogP contribution in [0.1, 0.15) is 19.4 Å². The zero-order chi connectivity index (χ0) is 14.0. The minimum atomic E-state index is -1.13. The molecule has 2 rings (SSSR count). The smallest absolute Gasteiger partial charge is 0.269 e. The third-order valence-electron chi connectivity index (χ3n) is 2.76. The van der Waals surface area contributed by atoms with Gasteiger partial charge in [0.05, 0.1) is 10.4 Å². The average Bonchev–Trinajstić information content (AvgIpc) is 2.85. The van der Waals surface area contributed by atoms with Crippen LogP contribution in [0.5, 0.6) is 0 Å². The van der Waals surface area contributed by atoms with Crippen LogP contribution in [0.15, 0.2) is 18.2 Å². The van der Waals surface area contributed by atoms with E-state index in [2.05, 4.69) is 25.9 Å². The molecule has 1 aromatic heterocycles. The number of amides is 1. The maximum atomic E-state index is 14.0. The first-order valence-corrected chi connectivity index (χ1v) is 5.80. The molecule has 1 heterocycles. The second-order valence-electron chi connectivity index (χ2n) is 4.42. The van der Waals surface area contributed by atoms with E-state index in [4.69, 9.17) is 11.6 Å². The summed E-state index contributed by atoms with van der Waals surface area (Å²) < 4.78 is 14.0. The van der Waals surface area contributed by atoms with Gasteiger partial charge in [-0.05, 0) is 25.1 Å². The highest BCUT2D eigenvalue weighted by molar-refractivity contribution is 6.30. The molecule has 0 unspecified atom stereocenters. The van der Waals surface area contributed by atoms with Crippen LogP contribution in [-0.2, 0) is 10.2 Å². The van der Waals surface area contributed by atoms with E-state index in [1.54, 1.807) is 19.9 Å². The highest BCUT2D eigenvalue weighted by Gasteiger charge is 2.33. The molecule has 0 saturated heterocycles. The monoisotopic (exact) mass is 283 g/mol. The van der Waals surface area contributed by atoms with Gasteiger partial charge in [0.25, 0.3) is 5.95 Å². The van der Waals surface area contributed by atoms with Crippen molar-refractivity contribution in [1.29, 1.82) is 0 Å². The predicted octanol–water partition coefficient (Wildman–Crippen LogP) is 1.91. The first-order valence-electron chi connectivity index (χ1n) is 5.42. The summed E-state index contributed by atoms with van der Waals surface area (Å²) in [5.74, 6) is -1.05. The van der Waals surface area contributed by atoms with E-state index in [1.807, 2.05) is 0 Å². The molecule has 2 N–H and O–H groups in total. The fraction of sp³-hybridized carbons (Fsp3) is 0.273. The second kappa shape index (κ2) is 4.93. The lowest BCUT2D eigenvalue weighted by Gasteiger charge is -2.24. The van der Waals surface area contributed by atoms with Crippen molar-refractivity contribution in [1.82, 2.24) is 20.6 Å². The first-order chi connectivity index (χ1) is 8.93. The number of carbonyl (C=O) groups excluding carboxylic acids is 1. The number of aromatic nitrogens is 4. The molecule has 0 spiro atoms. The Balaban J connectivity index is 2.31. The van der Waals surface area contributed by atoms with Crippen molar-refractivity contribution in [3.63, 3.8) is 0 Å². The molecule has 1 amide bonds. The zero-order valence-corrected chi connectivity index (χ0v) is 11.0. The van der Waals surface area contributed by atoms with Crippen molar-refractivity contribution in [3.05, 3.63) is 34.6 Å². The lowest BCUT2D eigenvalue weighted by Crippen LogP contribution is -2.36. The lowest BCUT2D eigenvalue weighted by atomic mass is 9.83. The normalized spacial score (nSPS) is 11.4. The van der Waals surface area contributed by atoms with E-state index in [0.29, 0.717) is 0 Å². The Kier molecular flexibility index (Phi) is 3.48. The van der Waals surface area contributed by atoms with Crippen LogP contribution in [0, 0.1) is 5.82 Å². The van der Waals surface area contributed by atoms with Crippen LogP contribution < -0.4 is 5.32 Å². The van der Waals surface area contributed by atoms with Gasteiger partial charge < -0.3 is 0 Å². The highest BCUT2D eigenvalue weighted by Crippen LogP contribution is 2.30. The molecule has 8 heteroatoms. The molecule has 0 atom stereocenters. The van der Waals surface area contributed by atoms with Crippen molar-refractivity contribution in [2.24, 2.45) is 0 Å². The third kappa shape index (κ3) is 2.55. The minimum absolute atomic E-state index is 0.0283. The number of benzene rings is 1. The van der Waals surface area contributed by atoms with Crippen molar-refractivity contribution in [3.8, 4) is 0 Å². The zero-order valence-electron chi connectivity index (χ0n) is 10.2. The number of aromatic amines is 1. The number of nitrogens with one attached hydrogen (secondary N) is 2. The van der Waals surface area contributed by atoms with Gasteiger partial charge in [-0.15, -0.1) is 5.10 Å². The summed E-state index contributed by atoms with van der Waals surface area (Å²) in [5, 5.41) is 15.1. The van der Waals surface area contributed by atoms with Gasteiger partial charge in [0.15, 0.2) is 0 Å². The van der Waals surface area contributed by atoms with E-state index >= 15 is 0 Å². The van der Waals surface area contributed by atoms with E-state index in [-0.39, 0.29) is 16.5 Å². The van der Waals surface area contributed by atoms with Crippen LogP contribution in [0.2, 0.25) is 5.02 Å². The van der Waals surface area contributed by atoms with Crippen molar-refractivity contribution in [2.45, 2.75) is 19.3 Å². The molecule has 0 aliphatic heterocycles. The highest BCUT2D eigenvalue weighted by atomic mass is 35.5. The Labute approximate surface area is 113 Å². The molecule has 6 nitrogen and oxygen atoms in total. The number of tetrazole rings is 1. The van der Waals surface area contributed by atoms with Gasteiger partial charge in [-0.25, -0.2) is 4.39 Å². The number of nitrogens with zero attached hydrogens (tertiary/aromatic N) is 3. The quantitative estimate of drug-likeness (QED) is 0.901. The van der Waals surface area contributed by atoms with E-state index < -0.39 is 17.1 Å². The summed E-state index contributed by atoms with van der Waals surface area (Å²) in [6.45, 7) is 3.16. The van der Waals surface area contributed by atoms with Gasteiger partial charge in [0.2, 0.25) is 5.91 Å². The second-order valence-corrected chi connectivity index (χ2v) is 4.82. The Morgan fingerprint density at radius 1 is 1.47 bits per heavy atom. The number of hydrogen-bond donors (Lipinski definition) is 2. The molecule has 2 aromatic rings. The summed E-state index contributed by atoms with van der Waals surface area (Å²) in [7, 11) is 0. The summed E-state index contributed by atoms with van der Waals surface area (Å²) in [4.78, 5) is 12.2. The maximum absolute atomic E-state index is 14.0. The fourth-order valence-electron chi connectivity index (χ4n) is 1.58. The van der Waals surface area contributed by atoms with Crippen LogP contribution >= 0.6 is 11.6 Å². The SMILES string of the molecule is CC(C)(C(=O)Nc1nn[nH]n1)c1cccc(Cl)c1F. The fourth-order valence-corrected chi connectivity index (χ4v) is 1.76. The topological polar surface area (TPSA) is 83.6 Å². The van der Waals surface area contributed by atoms with Gasteiger partial charge in [-0.2, -0.15) is 5.21 Å². The molecule has 0 aliphatic carbocycles. The minimum Gasteiger partial charge on any atom is -0.291 e. The molecule has 0 aliphatic rings. The number of anilines is 1. The van der Waals surface area contributed by atoms with Gasteiger partial charge in [-0.1, -0.05) is 28.8 Å². The Morgan fingerprint density at radius 3 is 2.84 bits per heavy atom. The molecule has 0 saturated carbocycles. The number of H-pyrrole nitrogens is 1. The molecule has 100 valence electrons. The predicted molar refractivity (Wildman–Crippen MR) is 67.2 cm³/mol. The van der Waals surface area contributed by atoms with E-state index in [0.717, 1.165) is 0 Å². The van der Waals surface area contributed by atoms with Gasteiger partial charge in [0, 0.05) is 5.56 Å². The summed E-state index contributed by atoms with van der Waals surface area (Å²) in [6, 6.07) is 4.52. The molecule has 0 radical (unpaired) electrons. The Bertz CT molecular complexity index is 599. The van der Waals surface area contributed by atoms with Gasteiger partial charge in [0.1, 0.15) is 5.82 Å². The Hall–Kier alpha value is -2.02. The lowest BCUT2D eigenvalue weighted by molar-refractivity contribution is -0.120. The summed E-state index contributed by atoms with van der Waals surface area (Å²) >= 11 is 5.72. The van der Waals surface area contributed by atoms with Crippen LogP contribution in [0.3, 0.4) is 0 Å². The van der Waals surface area contributed by atoms with Crippen LogP contribution in [0.25, 0.3) is 0 Å². The third-order valence-corrected chi connectivity index (χ3v) is 3.06.